The number of morpholine rings is 1. The summed E-state index contributed by atoms with van der Waals surface area (Å²) in [5.74, 6) is 0.00108. The van der Waals surface area contributed by atoms with Crippen LogP contribution in [0.2, 0.25) is 0 Å². The van der Waals surface area contributed by atoms with Gasteiger partial charge in [0.1, 0.15) is 5.82 Å². The molecule has 0 aliphatic carbocycles. The Labute approximate surface area is 122 Å². The first-order chi connectivity index (χ1) is 10.2. The summed E-state index contributed by atoms with van der Waals surface area (Å²) in [6.45, 7) is 4.69. The third kappa shape index (κ3) is 3.40. The Morgan fingerprint density at radius 2 is 2.19 bits per heavy atom. The van der Waals surface area contributed by atoms with Crippen molar-refractivity contribution in [2.75, 3.05) is 32.8 Å². The van der Waals surface area contributed by atoms with Gasteiger partial charge in [0.2, 0.25) is 0 Å². The van der Waals surface area contributed by atoms with Crippen LogP contribution in [0, 0.1) is 0 Å². The van der Waals surface area contributed by atoms with E-state index in [-0.39, 0.29) is 5.56 Å². The number of H-pyrrole nitrogens is 1. The second-order valence-electron chi connectivity index (χ2n) is 5.28. The lowest BCUT2D eigenvalue weighted by Crippen LogP contribution is -2.36. The summed E-state index contributed by atoms with van der Waals surface area (Å²) in [5.41, 5.74) is 1.89. The smallest absolute Gasteiger partial charge is 0.335 e. The number of hydrogen-bond acceptors (Lipinski definition) is 4. The zero-order valence-electron chi connectivity index (χ0n) is 11.8. The second-order valence-corrected chi connectivity index (χ2v) is 5.28. The fraction of sp³-hybridized carbons (Fsp3) is 0.467. The molecule has 6 nitrogen and oxygen atoms in total. The van der Waals surface area contributed by atoms with Gasteiger partial charge in [0.25, 0.3) is 0 Å². The van der Waals surface area contributed by atoms with Gasteiger partial charge >= 0.3 is 5.97 Å². The van der Waals surface area contributed by atoms with E-state index in [0.29, 0.717) is 0 Å². The van der Waals surface area contributed by atoms with Crippen LogP contribution in [0.4, 0.5) is 0 Å². The predicted molar refractivity (Wildman–Crippen MR) is 78.6 cm³/mol. The number of benzene rings is 1. The van der Waals surface area contributed by atoms with E-state index in [1.807, 2.05) is 0 Å². The van der Waals surface area contributed by atoms with Gasteiger partial charge in [0.15, 0.2) is 0 Å². The molecule has 0 amide bonds. The number of aryl methyl sites for hydroxylation is 1. The minimum Gasteiger partial charge on any atom is -0.478 e. The van der Waals surface area contributed by atoms with Crippen LogP contribution in [0.3, 0.4) is 0 Å². The fourth-order valence-corrected chi connectivity index (χ4v) is 2.61. The number of rotatable bonds is 5. The van der Waals surface area contributed by atoms with Crippen molar-refractivity contribution in [1.29, 1.82) is 0 Å². The van der Waals surface area contributed by atoms with E-state index >= 15 is 0 Å². The maximum atomic E-state index is 10.9. The molecule has 0 unspecified atom stereocenters. The number of imidazole rings is 1. The number of nitrogens with zero attached hydrogens (tertiary/aromatic N) is 2. The third-order valence-corrected chi connectivity index (χ3v) is 3.77. The number of carboxylic acids is 1. The zero-order valence-corrected chi connectivity index (χ0v) is 11.8. The largest absolute Gasteiger partial charge is 0.478 e. The zero-order chi connectivity index (χ0) is 14.7. The lowest BCUT2D eigenvalue weighted by atomic mass is 10.2. The van der Waals surface area contributed by atoms with Gasteiger partial charge in [-0.1, -0.05) is 0 Å². The first-order valence-corrected chi connectivity index (χ1v) is 7.24. The van der Waals surface area contributed by atoms with Gasteiger partial charge in [0, 0.05) is 19.5 Å². The minimum absolute atomic E-state index is 0.283. The Morgan fingerprint density at radius 3 is 2.95 bits per heavy atom. The molecule has 0 bridgehead atoms. The molecule has 0 saturated carbocycles. The van der Waals surface area contributed by atoms with Crippen molar-refractivity contribution >= 4 is 17.0 Å². The molecule has 1 saturated heterocycles. The van der Waals surface area contributed by atoms with Crippen LogP contribution in [0.25, 0.3) is 11.0 Å². The number of hydrogen-bond donors (Lipinski definition) is 2. The minimum atomic E-state index is -0.916. The average molecular weight is 289 g/mol. The van der Waals surface area contributed by atoms with Crippen molar-refractivity contribution in [3.63, 3.8) is 0 Å². The Morgan fingerprint density at radius 1 is 1.38 bits per heavy atom. The number of carboxylic acid groups (broad SMARTS) is 1. The van der Waals surface area contributed by atoms with Crippen LogP contribution < -0.4 is 0 Å². The van der Waals surface area contributed by atoms with Crippen molar-refractivity contribution in [1.82, 2.24) is 14.9 Å². The normalized spacial score (nSPS) is 16.4. The van der Waals surface area contributed by atoms with Crippen LogP contribution in [-0.4, -0.2) is 58.8 Å². The molecular weight excluding hydrogens is 270 g/mol. The molecule has 1 aromatic heterocycles. The van der Waals surface area contributed by atoms with Gasteiger partial charge in [-0.3, -0.25) is 4.90 Å². The molecule has 1 aliphatic rings. The van der Waals surface area contributed by atoms with E-state index in [0.717, 1.165) is 62.5 Å². The number of aromatic nitrogens is 2. The highest BCUT2D eigenvalue weighted by atomic mass is 16.5. The highest BCUT2D eigenvalue weighted by Crippen LogP contribution is 2.15. The summed E-state index contributed by atoms with van der Waals surface area (Å²) < 4.78 is 5.33. The number of aromatic amines is 1. The van der Waals surface area contributed by atoms with E-state index in [1.165, 1.54) is 0 Å². The summed E-state index contributed by atoms with van der Waals surface area (Å²) in [6.07, 6.45) is 1.90. The van der Waals surface area contributed by atoms with Gasteiger partial charge < -0.3 is 14.8 Å². The first kappa shape index (κ1) is 14.0. The van der Waals surface area contributed by atoms with Gasteiger partial charge in [-0.2, -0.15) is 0 Å². The SMILES string of the molecule is O=C(O)c1ccc2nc(CCCN3CCOCC3)[nH]c2c1. The lowest BCUT2D eigenvalue weighted by molar-refractivity contribution is 0.0374. The summed E-state index contributed by atoms with van der Waals surface area (Å²) in [6, 6.07) is 4.97. The number of fused-ring (bicyclic) bond motifs is 1. The lowest BCUT2D eigenvalue weighted by Gasteiger charge is -2.26. The Hall–Kier alpha value is -1.92. The maximum absolute atomic E-state index is 10.9. The fourth-order valence-electron chi connectivity index (χ4n) is 2.61. The average Bonchev–Trinajstić information content (AvgIpc) is 2.90. The van der Waals surface area contributed by atoms with Crippen LogP contribution in [0.1, 0.15) is 22.6 Å². The summed E-state index contributed by atoms with van der Waals surface area (Å²) in [4.78, 5) is 21.1. The van der Waals surface area contributed by atoms with Crippen molar-refractivity contribution in [2.24, 2.45) is 0 Å². The number of carbonyl (C=O) groups is 1. The molecule has 6 heteroatoms. The summed E-state index contributed by atoms with van der Waals surface area (Å²) in [7, 11) is 0. The highest BCUT2D eigenvalue weighted by Gasteiger charge is 2.11. The van der Waals surface area contributed by atoms with Crippen molar-refractivity contribution in [3.8, 4) is 0 Å². The molecule has 0 atom stereocenters. The molecule has 1 aliphatic heterocycles. The maximum Gasteiger partial charge on any atom is 0.335 e. The van der Waals surface area contributed by atoms with Crippen LogP contribution in [0.5, 0.6) is 0 Å². The molecule has 2 N–H and O–H groups in total. The number of aromatic carboxylic acids is 1. The predicted octanol–water partition coefficient (Wildman–Crippen LogP) is 1.53. The quantitative estimate of drug-likeness (QED) is 0.872. The standard InChI is InChI=1S/C15H19N3O3/c19-15(20)11-3-4-12-13(10-11)17-14(16-12)2-1-5-18-6-8-21-9-7-18/h3-4,10H,1-2,5-9H2,(H,16,17)(H,19,20). The van der Waals surface area contributed by atoms with Crippen LogP contribution >= 0.6 is 0 Å². The van der Waals surface area contributed by atoms with E-state index < -0.39 is 5.97 Å². The van der Waals surface area contributed by atoms with Crippen molar-refractivity contribution in [3.05, 3.63) is 29.6 Å². The number of ether oxygens (including phenoxy) is 1. The molecule has 3 rings (SSSR count). The topological polar surface area (TPSA) is 78.4 Å². The van der Waals surface area contributed by atoms with E-state index in [9.17, 15) is 4.79 Å². The van der Waals surface area contributed by atoms with E-state index in [1.54, 1.807) is 18.2 Å². The number of nitrogens with one attached hydrogen (secondary N) is 1. The van der Waals surface area contributed by atoms with Crippen molar-refractivity contribution < 1.29 is 14.6 Å². The molecule has 1 fully saturated rings. The first-order valence-electron chi connectivity index (χ1n) is 7.24. The molecule has 2 aromatic rings. The molecule has 21 heavy (non-hydrogen) atoms. The molecule has 0 spiro atoms. The van der Waals surface area contributed by atoms with Gasteiger partial charge in [0.05, 0.1) is 29.8 Å². The molecule has 112 valence electrons. The highest BCUT2D eigenvalue weighted by molar-refractivity contribution is 5.92. The molecule has 0 radical (unpaired) electrons. The Balaban J connectivity index is 1.60. The van der Waals surface area contributed by atoms with Gasteiger partial charge in [-0.05, 0) is 31.2 Å². The second kappa shape index (κ2) is 6.24. The molecular formula is C15H19N3O3. The third-order valence-electron chi connectivity index (χ3n) is 3.77. The van der Waals surface area contributed by atoms with Gasteiger partial charge in [-0.15, -0.1) is 0 Å². The molecule has 2 heterocycles. The monoisotopic (exact) mass is 289 g/mol. The van der Waals surface area contributed by atoms with E-state index in [2.05, 4.69) is 14.9 Å². The summed E-state index contributed by atoms with van der Waals surface area (Å²) >= 11 is 0. The van der Waals surface area contributed by atoms with Crippen LogP contribution in [0.15, 0.2) is 18.2 Å². The summed E-state index contributed by atoms with van der Waals surface area (Å²) in [5, 5.41) is 8.99. The molecule has 1 aromatic carbocycles. The van der Waals surface area contributed by atoms with Crippen LogP contribution in [-0.2, 0) is 11.2 Å². The van der Waals surface area contributed by atoms with E-state index in [4.69, 9.17) is 9.84 Å². The Kier molecular flexibility index (Phi) is 4.17. The van der Waals surface area contributed by atoms with Crippen molar-refractivity contribution in [2.45, 2.75) is 12.8 Å². The Bertz CT molecular complexity index is 632. The van der Waals surface area contributed by atoms with Gasteiger partial charge in [-0.25, -0.2) is 9.78 Å².